The molecule has 8 heteroatoms. The van der Waals surface area contributed by atoms with Crippen LogP contribution in [0.15, 0.2) is 0 Å². The van der Waals surface area contributed by atoms with Gasteiger partial charge in [0.05, 0.1) is 5.92 Å². The SMILES string of the molecule is CC1(C)CN(C(=O)C2(NC(N)=O)CC2)CCC1C(F)(F)F. The molecule has 5 nitrogen and oxygen atoms in total. The second kappa shape index (κ2) is 4.78. The van der Waals surface area contributed by atoms with Crippen molar-refractivity contribution in [1.29, 1.82) is 0 Å². The maximum absolute atomic E-state index is 13.0. The van der Waals surface area contributed by atoms with Crippen molar-refractivity contribution in [3.8, 4) is 0 Å². The molecule has 2 fully saturated rings. The van der Waals surface area contributed by atoms with Crippen LogP contribution in [-0.4, -0.2) is 41.6 Å². The zero-order valence-electron chi connectivity index (χ0n) is 12.1. The van der Waals surface area contributed by atoms with Crippen LogP contribution in [-0.2, 0) is 4.79 Å². The zero-order chi connectivity index (χ0) is 16.1. The first-order valence-electron chi connectivity index (χ1n) is 6.92. The third-order valence-corrected chi connectivity index (χ3v) is 4.43. The second-order valence-electron chi connectivity index (χ2n) is 6.67. The molecule has 2 aliphatic rings. The van der Waals surface area contributed by atoms with Gasteiger partial charge in [-0.05, 0) is 24.7 Å². The molecular formula is C13H20F3N3O2. The van der Waals surface area contributed by atoms with Crippen molar-refractivity contribution in [2.45, 2.75) is 44.8 Å². The highest BCUT2D eigenvalue weighted by atomic mass is 19.4. The molecule has 1 saturated carbocycles. The third kappa shape index (κ3) is 3.08. The number of likely N-dealkylation sites (tertiary alicyclic amines) is 1. The predicted molar refractivity (Wildman–Crippen MR) is 69.2 cm³/mol. The highest BCUT2D eigenvalue weighted by molar-refractivity contribution is 5.93. The number of carbonyl (C=O) groups is 2. The molecule has 21 heavy (non-hydrogen) atoms. The molecule has 1 heterocycles. The minimum absolute atomic E-state index is 0.0260. The highest BCUT2D eigenvalue weighted by Crippen LogP contribution is 2.46. The van der Waals surface area contributed by atoms with Gasteiger partial charge in [-0.25, -0.2) is 4.79 Å². The lowest BCUT2D eigenvalue weighted by atomic mass is 9.73. The first-order valence-corrected chi connectivity index (χ1v) is 6.92. The quantitative estimate of drug-likeness (QED) is 0.813. The van der Waals surface area contributed by atoms with Crippen molar-refractivity contribution in [1.82, 2.24) is 10.2 Å². The van der Waals surface area contributed by atoms with Gasteiger partial charge in [0, 0.05) is 13.1 Å². The lowest BCUT2D eigenvalue weighted by Crippen LogP contribution is -2.58. The first kappa shape index (κ1) is 15.9. The van der Waals surface area contributed by atoms with E-state index >= 15 is 0 Å². The maximum atomic E-state index is 13.0. The van der Waals surface area contributed by atoms with Crippen LogP contribution in [0, 0.1) is 11.3 Å². The van der Waals surface area contributed by atoms with Gasteiger partial charge in [-0.2, -0.15) is 13.2 Å². The smallest absolute Gasteiger partial charge is 0.352 e. The summed E-state index contributed by atoms with van der Waals surface area (Å²) in [5.41, 5.74) is 3.01. The average molecular weight is 307 g/mol. The number of urea groups is 1. The van der Waals surface area contributed by atoms with Gasteiger partial charge in [0.15, 0.2) is 0 Å². The molecule has 1 atom stereocenters. The Morgan fingerprint density at radius 2 is 1.86 bits per heavy atom. The lowest BCUT2D eigenvalue weighted by Gasteiger charge is -2.45. The number of rotatable bonds is 2. The van der Waals surface area contributed by atoms with E-state index in [1.165, 1.54) is 18.7 Å². The summed E-state index contributed by atoms with van der Waals surface area (Å²) in [6, 6.07) is -0.787. The van der Waals surface area contributed by atoms with Gasteiger partial charge < -0.3 is 16.0 Å². The Kier molecular flexibility index (Phi) is 3.62. The molecule has 1 unspecified atom stereocenters. The van der Waals surface area contributed by atoms with Crippen LogP contribution in [0.4, 0.5) is 18.0 Å². The summed E-state index contributed by atoms with van der Waals surface area (Å²) in [5.74, 6) is -1.75. The topological polar surface area (TPSA) is 75.4 Å². The number of nitrogens with zero attached hydrogens (tertiary/aromatic N) is 1. The maximum Gasteiger partial charge on any atom is 0.392 e. The monoisotopic (exact) mass is 307 g/mol. The van der Waals surface area contributed by atoms with Gasteiger partial charge in [0.2, 0.25) is 5.91 Å². The Balaban J connectivity index is 2.08. The molecule has 0 bridgehead atoms. The van der Waals surface area contributed by atoms with E-state index in [2.05, 4.69) is 5.32 Å². The van der Waals surface area contributed by atoms with E-state index in [0.717, 1.165) is 0 Å². The number of nitrogens with two attached hydrogens (primary N) is 1. The molecule has 0 aromatic heterocycles. The van der Waals surface area contributed by atoms with Crippen LogP contribution >= 0.6 is 0 Å². The Labute approximate surface area is 121 Å². The van der Waals surface area contributed by atoms with E-state index in [1.807, 2.05) is 0 Å². The highest BCUT2D eigenvalue weighted by Gasteiger charge is 2.57. The van der Waals surface area contributed by atoms with Crippen molar-refractivity contribution in [2.75, 3.05) is 13.1 Å². The van der Waals surface area contributed by atoms with Crippen molar-refractivity contribution < 1.29 is 22.8 Å². The van der Waals surface area contributed by atoms with Gasteiger partial charge >= 0.3 is 12.2 Å². The van der Waals surface area contributed by atoms with Crippen LogP contribution in [0.2, 0.25) is 0 Å². The second-order valence-corrected chi connectivity index (χ2v) is 6.67. The Morgan fingerprint density at radius 1 is 1.29 bits per heavy atom. The number of piperidine rings is 1. The largest absolute Gasteiger partial charge is 0.392 e. The molecule has 0 aromatic carbocycles. The first-order chi connectivity index (χ1) is 9.48. The van der Waals surface area contributed by atoms with E-state index in [-0.39, 0.29) is 25.4 Å². The molecule has 2 rings (SSSR count). The summed E-state index contributed by atoms with van der Waals surface area (Å²) in [6.45, 7) is 3.12. The summed E-state index contributed by atoms with van der Waals surface area (Å²) < 4.78 is 39.0. The van der Waals surface area contributed by atoms with Crippen molar-refractivity contribution >= 4 is 11.9 Å². The number of hydrogen-bond donors (Lipinski definition) is 2. The number of halogens is 3. The number of alkyl halides is 3. The van der Waals surface area contributed by atoms with Crippen LogP contribution in [0.25, 0.3) is 0 Å². The molecule has 1 aliphatic carbocycles. The third-order valence-electron chi connectivity index (χ3n) is 4.43. The summed E-state index contributed by atoms with van der Waals surface area (Å²) in [6.07, 6.45) is -3.42. The van der Waals surface area contributed by atoms with Gasteiger partial charge in [0.1, 0.15) is 5.54 Å². The fourth-order valence-corrected chi connectivity index (χ4v) is 3.19. The Morgan fingerprint density at radius 3 is 2.24 bits per heavy atom. The van der Waals surface area contributed by atoms with Gasteiger partial charge in [-0.15, -0.1) is 0 Å². The number of primary amides is 1. The Bertz CT molecular complexity index is 458. The van der Waals surface area contributed by atoms with Crippen molar-refractivity contribution in [3.63, 3.8) is 0 Å². The molecule has 1 aliphatic heterocycles. The van der Waals surface area contributed by atoms with E-state index in [9.17, 15) is 22.8 Å². The molecule has 3 N–H and O–H groups in total. The number of carbonyl (C=O) groups excluding carboxylic acids is 2. The van der Waals surface area contributed by atoms with Gasteiger partial charge in [-0.3, -0.25) is 4.79 Å². The molecule has 0 aromatic rings. The minimum Gasteiger partial charge on any atom is -0.352 e. The van der Waals surface area contributed by atoms with Crippen LogP contribution < -0.4 is 11.1 Å². The van der Waals surface area contributed by atoms with E-state index in [4.69, 9.17) is 5.73 Å². The summed E-state index contributed by atoms with van der Waals surface area (Å²) in [5, 5.41) is 2.42. The minimum atomic E-state index is -4.26. The number of nitrogens with one attached hydrogen (secondary N) is 1. The lowest BCUT2D eigenvalue weighted by molar-refractivity contribution is -0.217. The molecule has 3 amide bonds. The Hall–Kier alpha value is -1.47. The summed E-state index contributed by atoms with van der Waals surface area (Å²) in [4.78, 5) is 24.8. The molecule has 120 valence electrons. The normalized spacial score (nSPS) is 27.1. The summed E-state index contributed by atoms with van der Waals surface area (Å²) >= 11 is 0. The molecular weight excluding hydrogens is 287 g/mol. The fourth-order valence-electron chi connectivity index (χ4n) is 3.19. The molecule has 1 saturated heterocycles. The standard InChI is InChI=1S/C13H20F3N3O2/c1-11(2)7-19(6-3-8(11)13(14,15)16)9(20)12(4-5-12)18-10(17)21/h8H,3-7H2,1-2H3,(H3,17,18,21). The van der Waals surface area contributed by atoms with Gasteiger partial charge in [0.25, 0.3) is 0 Å². The number of amides is 3. The predicted octanol–water partition coefficient (Wildman–Crippen LogP) is 1.62. The number of hydrogen-bond acceptors (Lipinski definition) is 2. The van der Waals surface area contributed by atoms with E-state index < -0.39 is 29.1 Å². The van der Waals surface area contributed by atoms with Crippen LogP contribution in [0.5, 0.6) is 0 Å². The average Bonchev–Trinajstić information content (AvgIpc) is 3.04. The van der Waals surface area contributed by atoms with Crippen molar-refractivity contribution in [2.24, 2.45) is 17.1 Å². The molecule has 0 radical (unpaired) electrons. The van der Waals surface area contributed by atoms with Crippen molar-refractivity contribution in [3.05, 3.63) is 0 Å². The zero-order valence-corrected chi connectivity index (χ0v) is 12.1. The fraction of sp³-hybridized carbons (Fsp3) is 0.846. The summed E-state index contributed by atoms with van der Waals surface area (Å²) in [7, 11) is 0. The van der Waals surface area contributed by atoms with E-state index in [0.29, 0.717) is 12.8 Å². The van der Waals surface area contributed by atoms with E-state index in [1.54, 1.807) is 0 Å². The van der Waals surface area contributed by atoms with Crippen LogP contribution in [0.1, 0.15) is 33.1 Å². The molecule has 0 spiro atoms. The van der Waals surface area contributed by atoms with Gasteiger partial charge in [-0.1, -0.05) is 13.8 Å². The van der Waals surface area contributed by atoms with Crippen LogP contribution in [0.3, 0.4) is 0 Å².